The van der Waals surface area contributed by atoms with E-state index in [0.717, 1.165) is 83.1 Å². The summed E-state index contributed by atoms with van der Waals surface area (Å²) in [5.74, 6) is 1.71. The van der Waals surface area contributed by atoms with Gasteiger partial charge in [0.1, 0.15) is 12.2 Å². The summed E-state index contributed by atoms with van der Waals surface area (Å²) in [6, 6.07) is 16.3. The van der Waals surface area contributed by atoms with Gasteiger partial charge in [-0.05, 0) is 151 Å². The number of benzene rings is 2. The molecule has 0 spiro atoms. The van der Waals surface area contributed by atoms with E-state index >= 15 is 0 Å². The Morgan fingerprint density at radius 1 is 0.746 bits per heavy atom. The predicted molar refractivity (Wildman–Crippen MR) is 243 cm³/mol. The van der Waals surface area contributed by atoms with Crippen LogP contribution in [0.25, 0.3) is 0 Å². The first-order valence-electron chi connectivity index (χ1n) is 21.8. The van der Waals surface area contributed by atoms with Gasteiger partial charge in [-0.3, -0.25) is 24.3 Å². The van der Waals surface area contributed by atoms with Crippen LogP contribution in [-0.2, 0) is 32.3 Å². The largest absolute Gasteiger partial charge is 0.369 e. The maximum atomic E-state index is 11.8. The van der Waals surface area contributed by atoms with Crippen LogP contribution < -0.4 is 15.1 Å². The minimum absolute atomic E-state index is 0. The molecule has 0 aromatic heterocycles. The molecule has 11 nitrogen and oxygen atoms in total. The molecule has 328 valence electrons. The Kier molecular flexibility index (Phi) is 19.8. The Labute approximate surface area is 367 Å². The van der Waals surface area contributed by atoms with Gasteiger partial charge in [0.05, 0.1) is 17.5 Å². The molecule has 3 heterocycles. The number of likely N-dealkylation sites (tertiary alicyclic amines) is 1. The second-order valence-corrected chi connectivity index (χ2v) is 19.3. The van der Waals surface area contributed by atoms with Crippen LogP contribution in [0.5, 0.6) is 0 Å². The van der Waals surface area contributed by atoms with E-state index in [1.807, 2.05) is 18.2 Å². The topological polar surface area (TPSA) is 120 Å². The SMILES string of the molecule is CC(=O)CN1CCC(CCN2CCN(c3cccc4c3CCC4)CC2)CC1.CS(=O)(=O)c1cccc(N2CCN(CCC3CCC(NC(=O)CC#N)CC3)CC2)c1.Cl.Cl. The molecule has 1 N–H and O–H groups in total. The number of amides is 1. The normalized spacial score (nSPS) is 21.8. The highest BCUT2D eigenvalue weighted by molar-refractivity contribution is 7.90. The third-order valence-corrected chi connectivity index (χ3v) is 14.2. The summed E-state index contributed by atoms with van der Waals surface area (Å²) in [6.45, 7) is 15.5. The van der Waals surface area contributed by atoms with Crippen LogP contribution in [0, 0.1) is 23.2 Å². The molecule has 0 atom stereocenters. The fourth-order valence-corrected chi connectivity index (χ4v) is 10.3. The molecule has 7 rings (SSSR count). The lowest BCUT2D eigenvalue weighted by Crippen LogP contribution is -2.47. The average molecular weight is 875 g/mol. The van der Waals surface area contributed by atoms with Gasteiger partial charge < -0.3 is 15.1 Å². The average Bonchev–Trinajstić information content (AvgIpc) is 3.70. The summed E-state index contributed by atoms with van der Waals surface area (Å²) >= 11 is 0. The number of nitrogens with one attached hydrogen (secondary N) is 1. The van der Waals surface area contributed by atoms with E-state index in [2.05, 4.69) is 48.0 Å². The van der Waals surface area contributed by atoms with Crippen LogP contribution in [0.4, 0.5) is 11.4 Å². The number of piperazine rings is 2. The van der Waals surface area contributed by atoms with Gasteiger partial charge in [0.25, 0.3) is 0 Å². The molecule has 5 aliphatic rings. The van der Waals surface area contributed by atoms with Crippen molar-refractivity contribution in [2.24, 2.45) is 11.8 Å². The second-order valence-electron chi connectivity index (χ2n) is 17.3. The van der Waals surface area contributed by atoms with Crippen LogP contribution in [-0.4, -0.2) is 132 Å². The number of halogens is 2. The summed E-state index contributed by atoms with van der Waals surface area (Å²) in [5, 5.41) is 11.5. The standard InChI is InChI=1S/C23H35N3O.C22H32N4O3S.2ClH/c1-19(27)18-25-12-9-20(10-13-25)8-11-24-14-16-26(17-15-24)23-7-3-5-21-4-2-6-22(21)23;1-30(28,29)21-4-2-3-20(17-21)26-15-13-25(14-16-26)12-10-18-5-7-19(8-6-18)24-22(27)9-11-23;;/h3,5,7,20H,2,4,6,8-18H2,1H3;2-4,17-19H,5-10,12-16H2,1H3,(H,24,27);2*1H. The number of Topliss-reactive ketones (excluding diaryl/α,β-unsaturated/α-hetero) is 1. The maximum absolute atomic E-state index is 11.8. The van der Waals surface area contributed by atoms with Gasteiger partial charge in [-0.25, -0.2) is 8.42 Å². The van der Waals surface area contributed by atoms with Crippen molar-refractivity contribution >= 4 is 57.7 Å². The molecule has 2 aliphatic carbocycles. The quantitative estimate of drug-likeness (QED) is 0.256. The predicted octanol–water partition coefficient (Wildman–Crippen LogP) is 6.02. The van der Waals surface area contributed by atoms with Crippen molar-refractivity contribution in [2.75, 3.05) is 101 Å². The van der Waals surface area contributed by atoms with Crippen molar-refractivity contribution in [1.29, 1.82) is 5.26 Å². The van der Waals surface area contributed by atoms with Crippen LogP contribution in [0.15, 0.2) is 47.4 Å². The summed E-state index contributed by atoms with van der Waals surface area (Å²) in [5.41, 5.74) is 5.71. The number of fused-ring (bicyclic) bond motifs is 1. The molecule has 0 radical (unpaired) electrons. The first-order chi connectivity index (χ1) is 27.5. The molecule has 3 aliphatic heterocycles. The zero-order chi connectivity index (χ0) is 40.2. The number of aryl methyl sites for hydroxylation is 1. The fraction of sp³-hybridized carbons (Fsp3) is 0.667. The Balaban J connectivity index is 0.000000253. The van der Waals surface area contributed by atoms with Crippen LogP contribution >= 0.6 is 24.8 Å². The smallest absolute Gasteiger partial charge is 0.234 e. The van der Waals surface area contributed by atoms with E-state index in [-0.39, 0.29) is 43.2 Å². The zero-order valence-corrected chi connectivity index (χ0v) is 37.9. The third kappa shape index (κ3) is 14.9. The number of hydrogen-bond donors (Lipinski definition) is 1. The van der Waals surface area contributed by atoms with Crippen LogP contribution in [0.3, 0.4) is 0 Å². The number of piperidine rings is 1. The Hall–Kier alpha value is -2.92. The first-order valence-corrected chi connectivity index (χ1v) is 23.7. The van der Waals surface area contributed by atoms with E-state index < -0.39 is 9.84 Å². The highest BCUT2D eigenvalue weighted by atomic mass is 35.5. The summed E-state index contributed by atoms with van der Waals surface area (Å²) in [4.78, 5) is 35.6. The molecule has 0 unspecified atom stereocenters. The van der Waals surface area contributed by atoms with E-state index in [1.54, 1.807) is 30.2 Å². The molecule has 0 bridgehead atoms. The molecule has 4 fully saturated rings. The van der Waals surface area contributed by atoms with Crippen molar-refractivity contribution in [3.8, 4) is 6.07 Å². The van der Waals surface area contributed by atoms with E-state index in [9.17, 15) is 18.0 Å². The van der Waals surface area contributed by atoms with E-state index in [0.29, 0.717) is 23.1 Å². The van der Waals surface area contributed by atoms with Gasteiger partial charge in [0.15, 0.2) is 9.84 Å². The number of carbonyl (C=O) groups excluding carboxylic acids is 2. The van der Waals surface area contributed by atoms with Gasteiger partial charge in [0.2, 0.25) is 5.91 Å². The highest BCUT2D eigenvalue weighted by Gasteiger charge is 2.26. The van der Waals surface area contributed by atoms with Crippen molar-refractivity contribution in [3.05, 3.63) is 53.6 Å². The summed E-state index contributed by atoms with van der Waals surface area (Å²) < 4.78 is 23.6. The number of hydrogen-bond acceptors (Lipinski definition) is 10. The molecule has 1 amide bonds. The number of nitrogens with zero attached hydrogens (tertiary/aromatic N) is 6. The maximum Gasteiger partial charge on any atom is 0.234 e. The summed E-state index contributed by atoms with van der Waals surface area (Å²) in [7, 11) is -3.18. The minimum Gasteiger partial charge on any atom is -0.369 e. The van der Waals surface area contributed by atoms with Crippen molar-refractivity contribution in [1.82, 2.24) is 20.0 Å². The Bertz CT molecular complexity index is 1780. The van der Waals surface area contributed by atoms with Gasteiger partial charge in [0, 0.05) is 76.0 Å². The van der Waals surface area contributed by atoms with Gasteiger partial charge in [-0.15, -0.1) is 24.8 Å². The number of nitriles is 1. The van der Waals surface area contributed by atoms with Gasteiger partial charge in [-0.2, -0.15) is 5.26 Å². The number of sulfone groups is 1. The Morgan fingerprint density at radius 3 is 1.93 bits per heavy atom. The minimum atomic E-state index is -3.18. The van der Waals surface area contributed by atoms with E-state index in [4.69, 9.17) is 5.26 Å². The van der Waals surface area contributed by atoms with Gasteiger partial charge in [-0.1, -0.05) is 18.2 Å². The first kappa shape index (κ1) is 48.7. The lowest BCUT2D eigenvalue weighted by Gasteiger charge is -2.38. The van der Waals surface area contributed by atoms with Crippen LogP contribution in [0.1, 0.15) is 82.3 Å². The lowest BCUT2D eigenvalue weighted by atomic mass is 9.84. The molecule has 14 heteroatoms. The van der Waals surface area contributed by atoms with Crippen molar-refractivity contribution in [2.45, 2.75) is 94.9 Å². The number of carbonyl (C=O) groups is 2. The zero-order valence-electron chi connectivity index (χ0n) is 35.5. The molecular weight excluding hydrogens is 806 g/mol. The molecular formula is C45H69Cl2N7O4S. The monoisotopic (exact) mass is 873 g/mol. The molecule has 3 saturated heterocycles. The van der Waals surface area contributed by atoms with Gasteiger partial charge >= 0.3 is 0 Å². The van der Waals surface area contributed by atoms with Crippen LogP contribution in [0.2, 0.25) is 0 Å². The Morgan fingerprint density at radius 2 is 1.34 bits per heavy atom. The van der Waals surface area contributed by atoms with Crippen molar-refractivity contribution in [3.63, 3.8) is 0 Å². The molecule has 2 aromatic rings. The van der Waals surface area contributed by atoms with Crippen molar-refractivity contribution < 1.29 is 18.0 Å². The number of ketones is 1. The third-order valence-electron chi connectivity index (χ3n) is 13.1. The molecule has 2 aromatic carbocycles. The molecule has 1 saturated carbocycles. The number of anilines is 2. The highest BCUT2D eigenvalue weighted by Crippen LogP contribution is 2.32. The lowest BCUT2D eigenvalue weighted by molar-refractivity contribution is -0.121. The number of rotatable bonds is 13. The van der Waals surface area contributed by atoms with E-state index in [1.165, 1.54) is 89.6 Å². The summed E-state index contributed by atoms with van der Waals surface area (Å²) in [6.07, 6.45) is 14.4. The molecule has 59 heavy (non-hydrogen) atoms. The second kappa shape index (κ2) is 23.9. The fourth-order valence-electron chi connectivity index (χ4n) is 9.67.